The molecule has 2 atom stereocenters. The molecular weight excluding hydrogens is 234 g/mol. The fraction of sp³-hybridized carbons (Fsp3) is 1.00. The molecule has 15 heavy (non-hydrogen) atoms. The van der Waals surface area contributed by atoms with Gasteiger partial charge >= 0.3 is 0 Å². The van der Waals surface area contributed by atoms with Gasteiger partial charge in [0.2, 0.25) is 0 Å². The number of sulfone groups is 1. The molecule has 0 rings (SSSR count). The molecule has 0 aliphatic rings. The van der Waals surface area contributed by atoms with Crippen LogP contribution in [-0.2, 0) is 9.84 Å². The minimum atomic E-state index is -2.92. The van der Waals surface area contributed by atoms with Gasteiger partial charge in [-0.15, -0.1) is 11.6 Å². The highest BCUT2D eigenvalue weighted by molar-refractivity contribution is 7.92. The van der Waals surface area contributed by atoms with E-state index in [4.69, 9.17) is 11.6 Å². The molecule has 0 heterocycles. The molecule has 0 aromatic heterocycles. The van der Waals surface area contributed by atoms with Crippen molar-refractivity contribution in [2.75, 3.05) is 18.2 Å². The third-order valence-electron chi connectivity index (χ3n) is 2.67. The summed E-state index contributed by atoms with van der Waals surface area (Å²) in [6.07, 6.45) is 0. The van der Waals surface area contributed by atoms with E-state index in [1.165, 1.54) is 0 Å². The van der Waals surface area contributed by atoms with Gasteiger partial charge in [0.05, 0.1) is 11.0 Å². The van der Waals surface area contributed by atoms with Crippen molar-refractivity contribution in [2.24, 2.45) is 5.92 Å². The molecule has 5 heteroatoms. The van der Waals surface area contributed by atoms with E-state index in [0.717, 1.165) is 0 Å². The first kappa shape index (κ1) is 15.2. The van der Waals surface area contributed by atoms with Gasteiger partial charge < -0.3 is 5.32 Å². The van der Waals surface area contributed by atoms with E-state index in [9.17, 15) is 8.42 Å². The summed E-state index contributed by atoms with van der Waals surface area (Å²) in [7, 11) is -2.92. The molecule has 0 radical (unpaired) electrons. The van der Waals surface area contributed by atoms with Gasteiger partial charge in [-0.25, -0.2) is 8.42 Å². The van der Waals surface area contributed by atoms with Crippen LogP contribution in [0.15, 0.2) is 0 Å². The average molecular weight is 256 g/mol. The van der Waals surface area contributed by atoms with E-state index in [-0.39, 0.29) is 17.0 Å². The minimum Gasteiger partial charge on any atom is -0.313 e. The lowest BCUT2D eigenvalue weighted by Gasteiger charge is -2.19. The molecule has 1 N–H and O–H groups in total. The van der Waals surface area contributed by atoms with Gasteiger partial charge in [-0.1, -0.05) is 6.92 Å². The van der Waals surface area contributed by atoms with Crippen LogP contribution in [0, 0.1) is 5.92 Å². The predicted molar refractivity (Wildman–Crippen MR) is 66.3 cm³/mol. The Morgan fingerprint density at radius 3 is 2.13 bits per heavy atom. The Balaban J connectivity index is 3.90. The molecule has 2 unspecified atom stereocenters. The maximum Gasteiger partial charge on any atom is 0.153 e. The van der Waals surface area contributed by atoms with Crippen LogP contribution in [0.2, 0.25) is 0 Å². The first-order valence-electron chi connectivity index (χ1n) is 5.32. The number of alkyl halides is 1. The first-order valence-corrected chi connectivity index (χ1v) is 7.57. The Hall–Kier alpha value is 0.200. The van der Waals surface area contributed by atoms with E-state index >= 15 is 0 Å². The van der Waals surface area contributed by atoms with E-state index in [0.29, 0.717) is 18.3 Å². The van der Waals surface area contributed by atoms with E-state index in [2.05, 4.69) is 5.32 Å². The van der Waals surface area contributed by atoms with Crippen molar-refractivity contribution >= 4 is 21.4 Å². The Morgan fingerprint density at radius 2 is 1.73 bits per heavy atom. The third kappa shape index (κ3) is 5.73. The van der Waals surface area contributed by atoms with Crippen molar-refractivity contribution in [1.29, 1.82) is 0 Å². The Morgan fingerprint density at radius 1 is 1.20 bits per heavy atom. The normalized spacial score (nSPS) is 16.7. The zero-order valence-corrected chi connectivity index (χ0v) is 11.5. The lowest BCUT2D eigenvalue weighted by molar-refractivity contribution is 0.440. The Kier molecular flexibility index (Phi) is 6.80. The van der Waals surface area contributed by atoms with Crippen molar-refractivity contribution in [3.8, 4) is 0 Å². The van der Waals surface area contributed by atoms with Crippen LogP contribution in [-0.4, -0.2) is 37.9 Å². The fourth-order valence-electron chi connectivity index (χ4n) is 0.999. The van der Waals surface area contributed by atoms with Gasteiger partial charge in [0.15, 0.2) is 9.84 Å². The molecule has 0 spiro atoms. The van der Waals surface area contributed by atoms with Crippen LogP contribution >= 0.6 is 11.6 Å². The molecule has 0 amide bonds. The van der Waals surface area contributed by atoms with Gasteiger partial charge in [0.1, 0.15) is 0 Å². The molecular formula is C10H22ClNO2S. The summed E-state index contributed by atoms with van der Waals surface area (Å²) in [6.45, 7) is 7.99. The first-order chi connectivity index (χ1) is 6.81. The van der Waals surface area contributed by atoms with Crippen LogP contribution in [0.3, 0.4) is 0 Å². The van der Waals surface area contributed by atoms with E-state index < -0.39 is 9.84 Å². The summed E-state index contributed by atoms with van der Waals surface area (Å²) in [5.74, 6) is 1.14. The number of halogens is 1. The lowest BCUT2D eigenvalue weighted by Crippen LogP contribution is -2.37. The van der Waals surface area contributed by atoms with Crippen LogP contribution in [0.1, 0.15) is 27.7 Å². The number of hydrogen-bond acceptors (Lipinski definition) is 3. The lowest BCUT2D eigenvalue weighted by atomic mass is 10.1. The van der Waals surface area contributed by atoms with Gasteiger partial charge in [-0.05, 0) is 26.7 Å². The molecule has 0 saturated carbocycles. The Bertz CT molecular complexity index is 265. The summed E-state index contributed by atoms with van der Waals surface area (Å²) >= 11 is 5.71. The quantitative estimate of drug-likeness (QED) is 0.704. The molecule has 0 aromatic carbocycles. The second-order valence-electron chi connectivity index (χ2n) is 4.29. The minimum absolute atomic E-state index is 0.198. The fourth-order valence-corrected chi connectivity index (χ4v) is 2.14. The van der Waals surface area contributed by atoms with Gasteiger partial charge in [-0.3, -0.25) is 0 Å². The van der Waals surface area contributed by atoms with Crippen molar-refractivity contribution in [2.45, 2.75) is 39.0 Å². The highest BCUT2D eigenvalue weighted by atomic mass is 35.5. The van der Waals surface area contributed by atoms with Crippen molar-refractivity contribution in [1.82, 2.24) is 5.32 Å². The highest BCUT2D eigenvalue weighted by Gasteiger charge is 2.16. The predicted octanol–water partition coefficient (Wildman–Crippen LogP) is 1.66. The third-order valence-corrected chi connectivity index (χ3v) is 5.36. The maximum atomic E-state index is 11.5. The van der Waals surface area contributed by atoms with Crippen LogP contribution in [0.4, 0.5) is 0 Å². The zero-order valence-electron chi connectivity index (χ0n) is 9.96. The molecule has 0 fully saturated rings. The SMILES string of the molecule is CC(CCl)C(C)NCCS(=O)(=O)C(C)C. The standard InChI is InChI=1S/C10H22ClNO2S/c1-8(2)15(13,14)6-5-12-10(4)9(3)7-11/h8-10,12H,5-7H2,1-4H3. The van der Waals surface area contributed by atoms with Crippen LogP contribution in [0.25, 0.3) is 0 Å². The zero-order chi connectivity index (χ0) is 12.1. The van der Waals surface area contributed by atoms with Gasteiger partial charge in [0.25, 0.3) is 0 Å². The molecule has 0 aliphatic heterocycles. The molecule has 92 valence electrons. The molecule has 0 saturated heterocycles. The summed E-state index contributed by atoms with van der Waals surface area (Å²) < 4.78 is 23.0. The number of nitrogens with one attached hydrogen (secondary N) is 1. The molecule has 0 bridgehead atoms. The van der Waals surface area contributed by atoms with Crippen LogP contribution in [0.5, 0.6) is 0 Å². The summed E-state index contributed by atoms with van der Waals surface area (Å²) in [5, 5.41) is 2.89. The average Bonchev–Trinajstić information content (AvgIpc) is 2.15. The second kappa shape index (κ2) is 6.71. The highest BCUT2D eigenvalue weighted by Crippen LogP contribution is 2.05. The largest absolute Gasteiger partial charge is 0.313 e. The monoisotopic (exact) mass is 255 g/mol. The topological polar surface area (TPSA) is 46.2 Å². The summed E-state index contributed by atoms with van der Waals surface area (Å²) in [5.41, 5.74) is 0. The molecule has 3 nitrogen and oxygen atoms in total. The van der Waals surface area contributed by atoms with Crippen molar-refractivity contribution in [3.63, 3.8) is 0 Å². The maximum absolute atomic E-state index is 11.5. The molecule has 0 aromatic rings. The van der Waals surface area contributed by atoms with Crippen molar-refractivity contribution in [3.05, 3.63) is 0 Å². The summed E-state index contributed by atoms with van der Waals surface area (Å²) in [4.78, 5) is 0. The number of hydrogen-bond donors (Lipinski definition) is 1. The Labute approximate surface area is 98.5 Å². The van der Waals surface area contributed by atoms with E-state index in [1.807, 2.05) is 13.8 Å². The number of rotatable bonds is 7. The van der Waals surface area contributed by atoms with Crippen molar-refractivity contribution < 1.29 is 8.42 Å². The van der Waals surface area contributed by atoms with E-state index in [1.54, 1.807) is 13.8 Å². The van der Waals surface area contributed by atoms with Gasteiger partial charge in [-0.2, -0.15) is 0 Å². The molecule has 0 aliphatic carbocycles. The smallest absolute Gasteiger partial charge is 0.153 e. The summed E-state index contributed by atoms with van der Waals surface area (Å²) in [6, 6.07) is 0.255. The second-order valence-corrected chi connectivity index (χ2v) is 7.28. The van der Waals surface area contributed by atoms with Crippen LogP contribution < -0.4 is 5.32 Å². The van der Waals surface area contributed by atoms with Gasteiger partial charge in [0, 0.05) is 18.5 Å².